The van der Waals surface area contributed by atoms with Crippen molar-refractivity contribution < 1.29 is 9.90 Å². The van der Waals surface area contributed by atoms with Gasteiger partial charge in [0.25, 0.3) is 0 Å². The van der Waals surface area contributed by atoms with Crippen molar-refractivity contribution in [1.82, 2.24) is 4.98 Å². The summed E-state index contributed by atoms with van der Waals surface area (Å²) in [6.07, 6.45) is 9.41. The first-order valence-corrected chi connectivity index (χ1v) is 5.94. The minimum atomic E-state index is -0.954. The highest BCUT2D eigenvalue weighted by atomic mass is 16.4. The lowest BCUT2D eigenvalue weighted by atomic mass is 9.85. The Morgan fingerprint density at radius 1 is 1.31 bits per heavy atom. The van der Waals surface area contributed by atoms with Gasteiger partial charge >= 0.3 is 5.97 Å². The lowest BCUT2D eigenvalue weighted by Gasteiger charge is -2.21. The van der Waals surface area contributed by atoms with Crippen molar-refractivity contribution in [2.45, 2.75) is 38.5 Å². The molecule has 0 aliphatic heterocycles. The number of carboxylic acids is 1. The zero-order chi connectivity index (χ0) is 11.4. The van der Waals surface area contributed by atoms with Crippen LogP contribution in [0.2, 0.25) is 0 Å². The van der Waals surface area contributed by atoms with Crippen LogP contribution in [0.15, 0.2) is 18.3 Å². The van der Waals surface area contributed by atoms with Crippen molar-refractivity contribution in [3.05, 3.63) is 29.6 Å². The number of hydrogen-bond donors (Lipinski definition) is 1. The van der Waals surface area contributed by atoms with Crippen LogP contribution in [0.5, 0.6) is 0 Å². The van der Waals surface area contributed by atoms with Crippen molar-refractivity contribution in [2.24, 2.45) is 5.92 Å². The first-order valence-electron chi connectivity index (χ1n) is 5.94. The van der Waals surface area contributed by atoms with Gasteiger partial charge in [0, 0.05) is 6.20 Å². The molecule has 0 unspecified atom stereocenters. The fraction of sp³-hybridized carbons (Fsp3) is 0.538. The van der Waals surface area contributed by atoms with E-state index in [1.165, 1.54) is 32.1 Å². The van der Waals surface area contributed by atoms with E-state index in [0.29, 0.717) is 0 Å². The molecule has 3 nitrogen and oxygen atoms in total. The van der Waals surface area contributed by atoms with Gasteiger partial charge in [-0.2, -0.15) is 0 Å². The Labute approximate surface area is 95.5 Å². The van der Waals surface area contributed by atoms with Gasteiger partial charge in [-0.3, -0.25) is 0 Å². The molecule has 1 fully saturated rings. The minimum absolute atomic E-state index is 0.132. The Morgan fingerprint density at radius 3 is 2.62 bits per heavy atom. The number of aromatic carboxylic acids is 1. The Morgan fingerprint density at radius 2 is 2.06 bits per heavy atom. The molecule has 0 saturated heterocycles. The van der Waals surface area contributed by atoms with Gasteiger partial charge in [-0.25, -0.2) is 9.78 Å². The summed E-state index contributed by atoms with van der Waals surface area (Å²) in [6.45, 7) is 0. The summed E-state index contributed by atoms with van der Waals surface area (Å²) in [5.74, 6) is -0.185. The lowest BCUT2D eigenvalue weighted by molar-refractivity contribution is 0.0690. The molecule has 1 aliphatic rings. The second kappa shape index (κ2) is 5.10. The van der Waals surface area contributed by atoms with Gasteiger partial charge < -0.3 is 5.11 Å². The molecule has 1 aliphatic carbocycles. The first-order chi connectivity index (χ1) is 7.75. The topological polar surface area (TPSA) is 50.2 Å². The van der Waals surface area contributed by atoms with Crippen LogP contribution in [0.3, 0.4) is 0 Å². The molecular weight excluding hydrogens is 202 g/mol. The Hall–Kier alpha value is -1.38. The van der Waals surface area contributed by atoms with E-state index in [0.717, 1.165) is 17.9 Å². The average Bonchev–Trinajstić information content (AvgIpc) is 2.31. The highest BCUT2D eigenvalue weighted by Crippen LogP contribution is 2.26. The van der Waals surface area contributed by atoms with Gasteiger partial charge in [-0.05, 0) is 24.0 Å². The average molecular weight is 219 g/mol. The van der Waals surface area contributed by atoms with Crippen molar-refractivity contribution >= 4 is 5.97 Å². The fourth-order valence-electron chi connectivity index (χ4n) is 2.40. The van der Waals surface area contributed by atoms with Gasteiger partial charge in [-0.1, -0.05) is 38.2 Å². The third-order valence-electron chi connectivity index (χ3n) is 3.29. The third kappa shape index (κ3) is 2.81. The summed E-state index contributed by atoms with van der Waals surface area (Å²) < 4.78 is 0. The third-order valence-corrected chi connectivity index (χ3v) is 3.29. The summed E-state index contributed by atoms with van der Waals surface area (Å²) in [5, 5.41) is 8.73. The fourth-order valence-corrected chi connectivity index (χ4v) is 2.40. The first kappa shape index (κ1) is 11.1. The highest BCUT2D eigenvalue weighted by molar-refractivity contribution is 5.85. The normalized spacial score (nSPS) is 17.2. The predicted octanol–water partition coefficient (Wildman–Crippen LogP) is 2.90. The molecule has 2 rings (SSSR count). The molecule has 1 N–H and O–H groups in total. The molecule has 0 amide bonds. The van der Waals surface area contributed by atoms with Crippen LogP contribution in [0.1, 0.15) is 48.2 Å². The van der Waals surface area contributed by atoms with E-state index in [4.69, 9.17) is 5.11 Å². The monoisotopic (exact) mass is 219 g/mol. The van der Waals surface area contributed by atoms with E-state index in [1.54, 1.807) is 12.3 Å². The SMILES string of the molecule is O=C(O)c1ccc(CC2CCCCC2)cn1. The van der Waals surface area contributed by atoms with E-state index in [2.05, 4.69) is 4.98 Å². The summed E-state index contributed by atoms with van der Waals surface area (Å²) in [4.78, 5) is 14.6. The zero-order valence-corrected chi connectivity index (χ0v) is 9.35. The quantitative estimate of drug-likeness (QED) is 0.850. The van der Waals surface area contributed by atoms with Crippen molar-refractivity contribution in [3.8, 4) is 0 Å². The van der Waals surface area contributed by atoms with E-state index in [1.807, 2.05) is 6.07 Å². The number of hydrogen-bond acceptors (Lipinski definition) is 2. The number of nitrogens with zero attached hydrogens (tertiary/aromatic N) is 1. The number of rotatable bonds is 3. The van der Waals surface area contributed by atoms with Crippen LogP contribution in [-0.2, 0) is 6.42 Å². The standard InChI is InChI=1S/C13H17NO2/c15-13(16)12-7-6-11(9-14-12)8-10-4-2-1-3-5-10/h6-7,9-10H,1-5,8H2,(H,15,16). The largest absolute Gasteiger partial charge is 0.477 e. The van der Waals surface area contributed by atoms with E-state index in [9.17, 15) is 4.79 Å². The molecule has 16 heavy (non-hydrogen) atoms. The van der Waals surface area contributed by atoms with Crippen LogP contribution in [0, 0.1) is 5.92 Å². The van der Waals surface area contributed by atoms with E-state index in [-0.39, 0.29) is 5.69 Å². The lowest BCUT2D eigenvalue weighted by Crippen LogP contribution is -2.10. The number of aromatic nitrogens is 1. The molecule has 86 valence electrons. The molecule has 0 atom stereocenters. The second-order valence-corrected chi connectivity index (χ2v) is 4.57. The van der Waals surface area contributed by atoms with Gasteiger partial charge in [0.15, 0.2) is 0 Å². The molecule has 1 aromatic rings. The number of carbonyl (C=O) groups is 1. The Bertz CT molecular complexity index is 353. The van der Waals surface area contributed by atoms with Crippen molar-refractivity contribution in [1.29, 1.82) is 0 Å². The van der Waals surface area contributed by atoms with Crippen LogP contribution >= 0.6 is 0 Å². The van der Waals surface area contributed by atoms with Crippen LogP contribution in [0.4, 0.5) is 0 Å². The Kier molecular flexibility index (Phi) is 3.54. The molecule has 1 saturated carbocycles. The second-order valence-electron chi connectivity index (χ2n) is 4.57. The molecule has 1 heterocycles. The summed E-state index contributed by atoms with van der Waals surface area (Å²) in [5.41, 5.74) is 1.30. The van der Waals surface area contributed by atoms with E-state index < -0.39 is 5.97 Å². The highest BCUT2D eigenvalue weighted by Gasteiger charge is 2.14. The van der Waals surface area contributed by atoms with Gasteiger partial charge in [-0.15, -0.1) is 0 Å². The van der Waals surface area contributed by atoms with Crippen LogP contribution in [-0.4, -0.2) is 16.1 Å². The predicted molar refractivity (Wildman–Crippen MR) is 61.5 cm³/mol. The molecular formula is C13H17NO2. The summed E-state index contributed by atoms with van der Waals surface area (Å²) in [7, 11) is 0. The maximum absolute atomic E-state index is 10.6. The molecule has 0 spiro atoms. The zero-order valence-electron chi connectivity index (χ0n) is 9.35. The van der Waals surface area contributed by atoms with Gasteiger partial charge in [0.05, 0.1) is 0 Å². The van der Waals surface area contributed by atoms with Crippen LogP contribution in [0.25, 0.3) is 0 Å². The number of pyridine rings is 1. The minimum Gasteiger partial charge on any atom is -0.477 e. The molecule has 0 aromatic carbocycles. The molecule has 0 bridgehead atoms. The number of carboxylic acid groups (broad SMARTS) is 1. The molecule has 1 aromatic heterocycles. The van der Waals surface area contributed by atoms with E-state index >= 15 is 0 Å². The van der Waals surface area contributed by atoms with Gasteiger partial charge in [0.2, 0.25) is 0 Å². The maximum Gasteiger partial charge on any atom is 0.354 e. The summed E-state index contributed by atoms with van der Waals surface area (Å²) >= 11 is 0. The Balaban J connectivity index is 1.96. The molecule has 0 radical (unpaired) electrons. The van der Waals surface area contributed by atoms with Crippen molar-refractivity contribution in [2.75, 3.05) is 0 Å². The van der Waals surface area contributed by atoms with Gasteiger partial charge in [0.1, 0.15) is 5.69 Å². The smallest absolute Gasteiger partial charge is 0.354 e. The summed E-state index contributed by atoms with van der Waals surface area (Å²) in [6, 6.07) is 3.49. The van der Waals surface area contributed by atoms with Crippen LogP contribution < -0.4 is 0 Å². The molecule has 3 heteroatoms. The van der Waals surface area contributed by atoms with Crippen molar-refractivity contribution in [3.63, 3.8) is 0 Å². The maximum atomic E-state index is 10.6.